The third kappa shape index (κ3) is 3.30. The predicted octanol–water partition coefficient (Wildman–Crippen LogP) is 1.96. The van der Waals surface area contributed by atoms with Crippen LogP contribution in [-0.2, 0) is 11.2 Å². The molecule has 1 saturated carbocycles. The van der Waals surface area contributed by atoms with Gasteiger partial charge in [-0.15, -0.1) is 0 Å². The number of carbonyl (C=O) groups is 1. The van der Waals surface area contributed by atoms with Crippen LogP contribution in [0.5, 0.6) is 0 Å². The lowest BCUT2D eigenvalue weighted by Gasteiger charge is -2.18. The number of rotatable bonds is 5. The maximum absolute atomic E-state index is 11.9. The van der Waals surface area contributed by atoms with Gasteiger partial charge in [-0.25, -0.2) is 0 Å². The van der Waals surface area contributed by atoms with E-state index in [1.54, 1.807) is 4.90 Å². The number of nitrogens with one attached hydrogen (secondary N) is 1. The molecular formula is C14H20N2O. The van der Waals surface area contributed by atoms with E-state index >= 15 is 0 Å². The van der Waals surface area contributed by atoms with Crippen LogP contribution < -0.4 is 10.2 Å². The summed E-state index contributed by atoms with van der Waals surface area (Å²) in [6.45, 7) is 2.57. The SMILES string of the molecule is CCc1ccc(N(C)C(=O)CNC2CC2)cc1. The average Bonchev–Trinajstić information content (AvgIpc) is 3.19. The minimum absolute atomic E-state index is 0.126. The Morgan fingerprint density at radius 2 is 2.00 bits per heavy atom. The number of anilines is 1. The summed E-state index contributed by atoms with van der Waals surface area (Å²) >= 11 is 0. The third-order valence-corrected chi connectivity index (χ3v) is 3.23. The molecule has 3 nitrogen and oxygen atoms in total. The average molecular weight is 232 g/mol. The summed E-state index contributed by atoms with van der Waals surface area (Å²) in [5.74, 6) is 0.126. The van der Waals surface area contributed by atoms with Gasteiger partial charge in [0.05, 0.1) is 6.54 Å². The lowest BCUT2D eigenvalue weighted by atomic mass is 10.1. The van der Waals surface area contributed by atoms with Crippen molar-refractivity contribution in [3.05, 3.63) is 29.8 Å². The van der Waals surface area contributed by atoms with Crippen molar-refractivity contribution in [2.45, 2.75) is 32.2 Å². The largest absolute Gasteiger partial charge is 0.314 e. The third-order valence-electron chi connectivity index (χ3n) is 3.23. The van der Waals surface area contributed by atoms with Gasteiger partial charge in [-0.1, -0.05) is 19.1 Å². The van der Waals surface area contributed by atoms with E-state index in [1.807, 2.05) is 19.2 Å². The van der Waals surface area contributed by atoms with E-state index in [1.165, 1.54) is 18.4 Å². The van der Waals surface area contributed by atoms with Gasteiger partial charge in [0, 0.05) is 18.8 Å². The zero-order valence-electron chi connectivity index (χ0n) is 10.6. The topological polar surface area (TPSA) is 32.3 Å². The minimum Gasteiger partial charge on any atom is -0.314 e. The van der Waals surface area contributed by atoms with Crippen LogP contribution in [0.1, 0.15) is 25.3 Å². The van der Waals surface area contributed by atoms with Gasteiger partial charge in [0.15, 0.2) is 0 Å². The zero-order chi connectivity index (χ0) is 12.3. The molecule has 0 saturated heterocycles. The fourth-order valence-corrected chi connectivity index (χ4v) is 1.74. The summed E-state index contributed by atoms with van der Waals surface area (Å²) in [4.78, 5) is 13.6. The molecule has 1 amide bonds. The normalized spacial score (nSPS) is 14.7. The van der Waals surface area contributed by atoms with E-state index in [-0.39, 0.29) is 5.91 Å². The van der Waals surface area contributed by atoms with Gasteiger partial charge < -0.3 is 10.2 Å². The summed E-state index contributed by atoms with van der Waals surface area (Å²) in [5.41, 5.74) is 2.26. The van der Waals surface area contributed by atoms with Crippen molar-refractivity contribution in [3.63, 3.8) is 0 Å². The molecule has 1 aromatic rings. The minimum atomic E-state index is 0.126. The first kappa shape index (κ1) is 12.1. The molecule has 1 N–H and O–H groups in total. The van der Waals surface area contributed by atoms with Crippen molar-refractivity contribution >= 4 is 11.6 Å². The Kier molecular flexibility index (Phi) is 3.79. The van der Waals surface area contributed by atoms with E-state index in [2.05, 4.69) is 24.4 Å². The van der Waals surface area contributed by atoms with Crippen LogP contribution in [0, 0.1) is 0 Å². The van der Waals surface area contributed by atoms with E-state index in [0.717, 1.165) is 12.1 Å². The lowest BCUT2D eigenvalue weighted by Crippen LogP contribution is -2.36. The number of carbonyl (C=O) groups excluding carboxylic acids is 1. The monoisotopic (exact) mass is 232 g/mol. The first-order valence-electron chi connectivity index (χ1n) is 6.29. The summed E-state index contributed by atoms with van der Waals surface area (Å²) in [7, 11) is 1.83. The molecule has 1 aromatic carbocycles. The summed E-state index contributed by atoms with van der Waals surface area (Å²) in [6, 6.07) is 8.75. The number of hydrogen-bond acceptors (Lipinski definition) is 2. The van der Waals surface area contributed by atoms with Crippen LogP contribution >= 0.6 is 0 Å². The highest BCUT2D eigenvalue weighted by Gasteiger charge is 2.22. The van der Waals surface area contributed by atoms with Crippen LogP contribution in [0.15, 0.2) is 24.3 Å². The molecule has 0 unspecified atom stereocenters. The highest BCUT2D eigenvalue weighted by Crippen LogP contribution is 2.18. The number of likely N-dealkylation sites (N-methyl/N-ethyl adjacent to an activating group) is 1. The molecule has 0 aromatic heterocycles. The molecule has 3 heteroatoms. The Morgan fingerprint density at radius 1 is 1.35 bits per heavy atom. The second kappa shape index (κ2) is 5.32. The van der Waals surface area contributed by atoms with Gasteiger partial charge in [-0.05, 0) is 37.0 Å². The van der Waals surface area contributed by atoms with Crippen LogP contribution in [-0.4, -0.2) is 25.5 Å². The van der Waals surface area contributed by atoms with E-state index in [4.69, 9.17) is 0 Å². The van der Waals surface area contributed by atoms with E-state index in [0.29, 0.717) is 12.6 Å². The highest BCUT2D eigenvalue weighted by atomic mass is 16.2. The first-order chi connectivity index (χ1) is 8.20. The number of hydrogen-bond donors (Lipinski definition) is 1. The molecule has 0 spiro atoms. The van der Waals surface area contributed by atoms with Crippen molar-refractivity contribution in [2.24, 2.45) is 0 Å². The van der Waals surface area contributed by atoms with Gasteiger partial charge in [0.1, 0.15) is 0 Å². The molecular weight excluding hydrogens is 212 g/mol. The summed E-state index contributed by atoms with van der Waals surface area (Å²) in [6.07, 6.45) is 3.45. The van der Waals surface area contributed by atoms with Crippen molar-refractivity contribution in [3.8, 4) is 0 Å². The molecule has 1 fully saturated rings. The second-order valence-electron chi connectivity index (χ2n) is 4.63. The van der Waals surface area contributed by atoms with Crippen LogP contribution in [0.3, 0.4) is 0 Å². The van der Waals surface area contributed by atoms with E-state index < -0.39 is 0 Å². The highest BCUT2D eigenvalue weighted by molar-refractivity contribution is 5.94. The molecule has 0 radical (unpaired) electrons. The lowest BCUT2D eigenvalue weighted by molar-refractivity contribution is -0.117. The van der Waals surface area contributed by atoms with Crippen molar-refractivity contribution in [2.75, 3.05) is 18.5 Å². The Balaban J connectivity index is 1.91. The van der Waals surface area contributed by atoms with Crippen molar-refractivity contribution in [1.82, 2.24) is 5.32 Å². The van der Waals surface area contributed by atoms with Crippen LogP contribution in [0.25, 0.3) is 0 Å². The summed E-state index contributed by atoms with van der Waals surface area (Å²) < 4.78 is 0. The van der Waals surface area contributed by atoms with Gasteiger partial charge in [-0.3, -0.25) is 4.79 Å². The van der Waals surface area contributed by atoms with Gasteiger partial charge >= 0.3 is 0 Å². The molecule has 0 aliphatic heterocycles. The fourth-order valence-electron chi connectivity index (χ4n) is 1.74. The van der Waals surface area contributed by atoms with Gasteiger partial charge in [0.2, 0.25) is 5.91 Å². The molecule has 1 aliphatic carbocycles. The Labute approximate surface area is 103 Å². The summed E-state index contributed by atoms with van der Waals surface area (Å²) in [5, 5.41) is 3.24. The predicted molar refractivity (Wildman–Crippen MR) is 70.3 cm³/mol. The molecule has 92 valence electrons. The maximum atomic E-state index is 11.9. The van der Waals surface area contributed by atoms with Gasteiger partial charge in [0.25, 0.3) is 0 Å². The Bertz CT molecular complexity index is 382. The standard InChI is InChI=1S/C14H20N2O/c1-3-11-4-8-13(9-5-11)16(2)14(17)10-15-12-6-7-12/h4-5,8-9,12,15H,3,6-7,10H2,1-2H3. The Morgan fingerprint density at radius 3 is 2.53 bits per heavy atom. The van der Waals surface area contributed by atoms with Crippen molar-refractivity contribution < 1.29 is 4.79 Å². The molecule has 17 heavy (non-hydrogen) atoms. The van der Waals surface area contributed by atoms with E-state index in [9.17, 15) is 4.79 Å². The second-order valence-corrected chi connectivity index (χ2v) is 4.63. The maximum Gasteiger partial charge on any atom is 0.240 e. The number of aryl methyl sites for hydroxylation is 1. The van der Waals surface area contributed by atoms with Crippen LogP contribution in [0.2, 0.25) is 0 Å². The molecule has 2 rings (SSSR count). The number of amides is 1. The van der Waals surface area contributed by atoms with Crippen LogP contribution in [0.4, 0.5) is 5.69 Å². The Hall–Kier alpha value is -1.35. The smallest absolute Gasteiger partial charge is 0.240 e. The number of benzene rings is 1. The molecule has 0 bridgehead atoms. The molecule has 0 atom stereocenters. The molecule has 0 heterocycles. The van der Waals surface area contributed by atoms with Gasteiger partial charge in [-0.2, -0.15) is 0 Å². The first-order valence-corrected chi connectivity index (χ1v) is 6.29. The molecule has 1 aliphatic rings. The van der Waals surface area contributed by atoms with Crippen molar-refractivity contribution in [1.29, 1.82) is 0 Å². The zero-order valence-corrected chi connectivity index (χ0v) is 10.6. The number of nitrogens with zero attached hydrogens (tertiary/aromatic N) is 1. The fraction of sp³-hybridized carbons (Fsp3) is 0.500. The quantitative estimate of drug-likeness (QED) is 0.841.